The van der Waals surface area contributed by atoms with Crippen LogP contribution in [0.3, 0.4) is 0 Å². The van der Waals surface area contributed by atoms with E-state index in [0.29, 0.717) is 30.4 Å². The van der Waals surface area contributed by atoms with Crippen molar-refractivity contribution in [1.29, 1.82) is 5.26 Å². The molecule has 1 aromatic heterocycles. The largest absolute Gasteiger partial charge is 0.490 e. The van der Waals surface area contributed by atoms with E-state index in [0.717, 1.165) is 4.88 Å². The Morgan fingerprint density at radius 3 is 2.70 bits per heavy atom. The van der Waals surface area contributed by atoms with E-state index in [9.17, 15) is 0 Å². The van der Waals surface area contributed by atoms with E-state index >= 15 is 0 Å². The van der Waals surface area contributed by atoms with Crippen LogP contribution in [0.5, 0.6) is 5.75 Å². The Morgan fingerprint density at radius 1 is 1.25 bits per heavy atom. The fourth-order valence-electron chi connectivity index (χ4n) is 1.41. The number of ether oxygens (including phenoxy) is 1. The lowest BCUT2D eigenvalue weighted by Gasteiger charge is -2.05. The van der Waals surface area contributed by atoms with Crippen LogP contribution in [0.2, 0.25) is 0 Å². The normalized spacial score (nSPS) is 10.8. The molecule has 0 aliphatic heterocycles. The van der Waals surface area contributed by atoms with Crippen molar-refractivity contribution in [2.75, 3.05) is 13.2 Å². The molecule has 2 aromatic rings. The fourth-order valence-corrected chi connectivity index (χ4v) is 2.03. The van der Waals surface area contributed by atoms with Crippen molar-refractivity contribution in [3.8, 4) is 11.8 Å². The van der Waals surface area contributed by atoms with Gasteiger partial charge in [-0.05, 0) is 35.7 Å². The van der Waals surface area contributed by atoms with Crippen molar-refractivity contribution >= 4 is 17.2 Å². The summed E-state index contributed by atoms with van der Waals surface area (Å²) in [5, 5.41) is 14.4. The minimum atomic E-state index is 0.298. The summed E-state index contributed by atoms with van der Waals surface area (Å²) in [6.07, 6.45) is 0. The molecule has 0 bridgehead atoms. The molecule has 20 heavy (non-hydrogen) atoms. The lowest BCUT2D eigenvalue weighted by molar-refractivity contribution is 0.107. The molecule has 1 aromatic carbocycles. The van der Waals surface area contributed by atoms with Gasteiger partial charge in [-0.25, -0.2) is 0 Å². The number of rotatable bonds is 6. The topological polar surface area (TPSA) is 80.6 Å². The van der Waals surface area contributed by atoms with Gasteiger partial charge in [0.1, 0.15) is 12.4 Å². The molecular formula is C14H13N3O2S. The first-order valence-electron chi connectivity index (χ1n) is 5.92. The predicted molar refractivity (Wildman–Crippen MR) is 77.6 cm³/mol. The highest BCUT2D eigenvalue weighted by atomic mass is 32.1. The number of hydrogen-bond acceptors (Lipinski definition) is 5. The lowest BCUT2D eigenvalue weighted by atomic mass is 10.2. The van der Waals surface area contributed by atoms with Crippen LogP contribution in [-0.4, -0.2) is 19.0 Å². The van der Waals surface area contributed by atoms with Gasteiger partial charge >= 0.3 is 0 Å². The van der Waals surface area contributed by atoms with Crippen LogP contribution in [0, 0.1) is 11.3 Å². The second kappa shape index (κ2) is 7.16. The Balaban J connectivity index is 1.71. The average molecular weight is 287 g/mol. The highest BCUT2D eigenvalue weighted by Gasteiger charge is 1.99. The summed E-state index contributed by atoms with van der Waals surface area (Å²) in [5.74, 6) is 1.04. The van der Waals surface area contributed by atoms with Gasteiger partial charge in [0.25, 0.3) is 0 Å². The number of nitrogens with zero attached hydrogens (tertiary/aromatic N) is 2. The van der Waals surface area contributed by atoms with Crippen LogP contribution in [-0.2, 0) is 4.84 Å². The van der Waals surface area contributed by atoms with Crippen molar-refractivity contribution < 1.29 is 9.57 Å². The number of thiophene rings is 1. The molecule has 0 unspecified atom stereocenters. The van der Waals surface area contributed by atoms with E-state index in [-0.39, 0.29) is 0 Å². The minimum Gasteiger partial charge on any atom is -0.490 e. The number of hydrogen-bond donors (Lipinski definition) is 1. The molecule has 0 amide bonds. The Labute approximate surface area is 120 Å². The second-order valence-corrected chi connectivity index (χ2v) is 4.72. The van der Waals surface area contributed by atoms with E-state index in [4.69, 9.17) is 20.6 Å². The van der Waals surface area contributed by atoms with Crippen LogP contribution in [0.15, 0.2) is 46.9 Å². The molecule has 2 rings (SSSR count). The molecule has 0 radical (unpaired) electrons. The van der Waals surface area contributed by atoms with Crippen LogP contribution < -0.4 is 10.5 Å². The first kappa shape index (κ1) is 13.9. The van der Waals surface area contributed by atoms with Gasteiger partial charge in [0.2, 0.25) is 0 Å². The molecule has 0 atom stereocenters. The Bertz CT molecular complexity index is 600. The van der Waals surface area contributed by atoms with Gasteiger partial charge < -0.3 is 15.3 Å². The van der Waals surface area contributed by atoms with Crippen LogP contribution in [0.25, 0.3) is 0 Å². The van der Waals surface area contributed by atoms with Crippen molar-refractivity contribution in [1.82, 2.24) is 0 Å². The van der Waals surface area contributed by atoms with Crippen molar-refractivity contribution in [2.24, 2.45) is 10.9 Å². The monoisotopic (exact) mass is 287 g/mol. The van der Waals surface area contributed by atoms with Crippen LogP contribution in [0.4, 0.5) is 0 Å². The third kappa shape index (κ3) is 4.00. The molecule has 0 saturated carbocycles. The molecular weight excluding hydrogens is 274 g/mol. The van der Waals surface area contributed by atoms with Crippen molar-refractivity contribution in [3.63, 3.8) is 0 Å². The summed E-state index contributed by atoms with van der Waals surface area (Å²) in [6, 6.07) is 12.7. The van der Waals surface area contributed by atoms with Gasteiger partial charge in [-0.15, -0.1) is 11.3 Å². The molecule has 1 heterocycles. The predicted octanol–water partition coefficient (Wildman–Crippen LogP) is 2.34. The fraction of sp³-hybridized carbons (Fsp3) is 0.143. The van der Waals surface area contributed by atoms with Gasteiger partial charge in [0, 0.05) is 0 Å². The molecule has 2 N–H and O–H groups in total. The number of oxime groups is 1. The third-order valence-corrected chi connectivity index (χ3v) is 3.26. The number of benzene rings is 1. The van der Waals surface area contributed by atoms with Gasteiger partial charge in [-0.1, -0.05) is 11.2 Å². The maximum atomic E-state index is 8.67. The van der Waals surface area contributed by atoms with E-state index in [1.54, 1.807) is 24.3 Å². The Morgan fingerprint density at radius 2 is 2.05 bits per heavy atom. The lowest BCUT2D eigenvalue weighted by Crippen LogP contribution is -2.13. The zero-order valence-electron chi connectivity index (χ0n) is 10.7. The standard InChI is InChI=1S/C14H13N3O2S/c15-10-11-3-5-12(6-4-11)18-7-8-19-17-14(16)13-2-1-9-20-13/h1-6,9H,7-8H2,(H2,16,17). The summed E-state index contributed by atoms with van der Waals surface area (Å²) in [7, 11) is 0. The van der Waals surface area contributed by atoms with E-state index in [1.165, 1.54) is 11.3 Å². The van der Waals surface area contributed by atoms with Crippen molar-refractivity contribution in [3.05, 3.63) is 52.2 Å². The number of amidine groups is 1. The highest BCUT2D eigenvalue weighted by molar-refractivity contribution is 7.12. The van der Waals surface area contributed by atoms with Gasteiger partial charge in [0.15, 0.2) is 12.4 Å². The minimum absolute atomic E-state index is 0.298. The van der Waals surface area contributed by atoms with Crippen LogP contribution in [0.1, 0.15) is 10.4 Å². The number of nitriles is 1. The average Bonchev–Trinajstić information content (AvgIpc) is 3.01. The van der Waals surface area contributed by atoms with Gasteiger partial charge in [0.05, 0.1) is 16.5 Å². The zero-order chi connectivity index (χ0) is 14.2. The maximum Gasteiger partial charge on any atom is 0.180 e. The quantitative estimate of drug-likeness (QED) is 0.383. The summed E-state index contributed by atoms with van der Waals surface area (Å²) in [5.41, 5.74) is 6.33. The summed E-state index contributed by atoms with van der Waals surface area (Å²) in [4.78, 5) is 5.95. The first-order chi connectivity index (χ1) is 9.79. The first-order valence-corrected chi connectivity index (χ1v) is 6.80. The highest BCUT2D eigenvalue weighted by Crippen LogP contribution is 2.11. The molecule has 5 nitrogen and oxygen atoms in total. The third-order valence-electron chi connectivity index (χ3n) is 2.36. The molecule has 0 saturated heterocycles. The summed E-state index contributed by atoms with van der Waals surface area (Å²) in [6.45, 7) is 0.652. The van der Waals surface area contributed by atoms with E-state index in [2.05, 4.69) is 5.16 Å². The molecule has 0 fully saturated rings. The van der Waals surface area contributed by atoms with Crippen molar-refractivity contribution in [2.45, 2.75) is 0 Å². The molecule has 0 aliphatic rings. The van der Waals surface area contributed by atoms with Gasteiger partial charge in [-0.3, -0.25) is 0 Å². The molecule has 102 valence electrons. The second-order valence-electron chi connectivity index (χ2n) is 3.77. The van der Waals surface area contributed by atoms with E-state index in [1.807, 2.05) is 23.6 Å². The Hall–Kier alpha value is -2.52. The summed E-state index contributed by atoms with van der Waals surface area (Å²) >= 11 is 1.50. The van der Waals surface area contributed by atoms with E-state index < -0.39 is 0 Å². The molecule has 0 spiro atoms. The SMILES string of the molecule is N#Cc1ccc(OCCO/N=C(\N)c2cccs2)cc1. The molecule has 0 aliphatic carbocycles. The zero-order valence-corrected chi connectivity index (χ0v) is 11.5. The smallest absolute Gasteiger partial charge is 0.180 e. The molecule has 6 heteroatoms. The Kier molecular flexibility index (Phi) is 4.98. The maximum absolute atomic E-state index is 8.67. The number of nitrogens with two attached hydrogens (primary N) is 1. The summed E-state index contributed by atoms with van der Waals surface area (Å²) < 4.78 is 5.44. The van der Waals surface area contributed by atoms with Gasteiger partial charge in [-0.2, -0.15) is 5.26 Å². The van der Waals surface area contributed by atoms with Crippen LogP contribution >= 0.6 is 11.3 Å².